The molecule has 2 aliphatic heterocycles. The van der Waals surface area contributed by atoms with Gasteiger partial charge in [-0.05, 0) is 51.6 Å². The van der Waals surface area contributed by atoms with Gasteiger partial charge in [-0.25, -0.2) is 0 Å². The molecular weight excluding hydrogens is 264 g/mol. The normalized spacial score (nSPS) is 27.5. The van der Waals surface area contributed by atoms with Crippen molar-refractivity contribution in [3.63, 3.8) is 0 Å². The van der Waals surface area contributed by atoms with E-state index in [1.807, 2.05) is 0 Å². The SMILES string of the molecule is CC(C(=O)NC1CC1)N1CCN(CC2CCNCC2)CC1. The van der Waals surface area contributed by atoms with E-state index >= 15 is 0 Å². The van der Waals surface area contributed by atoms with Gasteiger partial charge >= 0.3 is 0 Å². The largest absolute Gasteiger partial charge is 0.352 e. The second kappa shape index (κ2) is 7.07. The van der Waals surface area contributed by atoms with Crippen LogP contribution in [0.2, 0.25) is 0 Å². The van der Waals surface area contributed by atoms with Crippen LogP contribution in [0, 0.1) is 5.92 Å². The molecule has 0 spiro atoms. The summed E-state index contributed by atoms with van der Waals surface area (Å²) in [5, 5.41) is 6.56. The molecule has 2 saturated heterocycles. The Labute approximate surface area is 128 Å². The molecule has 0 aromatic heterocycles. The number of nitrogens with one attached hydrogen (secondary N) is 2. The Morgan fingerprint density at radius 1 is 1.14 bits per heavy atom. The Kier molecular flexibility index (Phi) is 5.14. The maximum Gasteiger partial charge on any atom is 0.237 e. The van der Waals surface area contributed by atoms with E-state index in [1.165, 1.54) is 45.3 Å². The minimum absolute atomic E-state index is 0.0339. The number of nitrogens with zero attached hydrogens (tertiary/aromatic N) is 2. The molecule has 5 heteroatoms. The minimum atomic E-state index is 0.0339. The molecule has 0 aromatic rings. The lowest BCUT2D eigenvalue weighted by Crippen LogP contribution is -2.54. The third-order valence-corrected chi connectivity index (χ3v) is 5.23. The average molecular weight is 294 g/mol. The van der Waals surface area contributed by atoms with Crippen molar-refractivity contribution in [2.75, 3.05) is 45.8 Å². The zero-order valence-electron chi connectivity index (χ0n) is 13.3. The number of piperazine rings is 1. The van der Waals surface area contributed by atoms with Crippen molar-refractivity contribution >= 4 is 5.91 Å². The van der Waals surface area contributed by atoms with Crippen LogP contribution in [0.15, 0.2) is 0 Å². The summed E-state index contributed by atoms with van der Waals surface area (Å²) in [7, 11) is 0. The second-order valence-electron chi connectivity index (χ2n) is 6.99. The average Bonchev–Trinajstić information content (AvgIpc) is 3.32. The first-order valence-electron chi connectivity index (χ1n) is 8.70. The zero-order chi connectivity index (χ0) is 14.7. The summed E-state index contributed by atoms with van der Waals surface area (Å²) >= 11 is 0. The van der Waals surface area contributed by atoms with E-state index in [0.717, 1.165) is 32.1 Å². The molecule has 120 valence electrons. The van der Waals surface area contributed by atoms with Crippen molar-refractivity contribution < 1.29 is 4.79 Å². The molecule has 0 aromatic carbocycles. The Morgan fingerprint density at radius 3 is 2.43 bits per heavy atom. The van der Waals surface area contributed by atoms with E-state index in [9.17, 15) is 4.79 Å². The molecule has 3 rings (SSSR count). The number of rotatable bonds is 5. The van der Waals surface area contributed by atoms with Gasteiger partial charge in [0, 0.05) is 38.8 Å². The maximum absolute atomic E-state index is 12.1. The highest BCUT2D eigenvalue weighted by atomic mass is 16.2. The molecule has 1 atom stereocenters. The van der Waals surface area contributed by atoms with Gasteiger partial charge < -0.3 is 15.5 Å². The first-order valence-corrected chi connectivity index (χ1v) is 8.70. The van der Waals surface area contributed by atoms with Gasteiger partial charge in [0.15, 0.2) is 0 Å². The smallest absolute Gasteiger partial charge is 0.237 e. The van der Waals surface area contributed by atoms with Crippen LogP contribution < -0.4 is 10.6 Å². The fraction of sp³-hybridized carbons (Fsp3) is 0.938. The van der Waals surface area contributed by atoms with Gasteiger partial charge in [0.1, 0.15) is 0 Å². The lowest BCUT2D eigenvalue weighted by molar-refractivity contribution is -0.126. The summed E-state index contributed by atoms with van der Waals surface area (Å²) in [6.45, 7) is 9.97. The number of hydrogen-bond donors (Lipinski definition) is 2. The molecule has 3 aliphatic rings. The van der Waals surface area contributed by atoms with Crippen LogP contribution >= 0.6 is 0 Å². The van der Waals surface area contributed by atoms with E-state index in [0.29, 0.717) is 6.04 Å². The van der Waals surface area contributed by atoms with E-state index in [-0.39, 0.29) is 11.9 Å². The molecule has 0 radical (unpaired) electrons. The highest BCUT2D eigenvalue weighted by Gasteiger charge is 2.30. The molecule has 5 nitrogen and oxygen atoms in total. The number of hydrogen-bond acceptors (Lipinski definition) is 4. The fourth-order valence-electron chi connectivity index (χ4n) is 3.48. The topological polar surface area (TPSA) is 47.6 Å². The number of carbonyl (C=O) groups is 1. The van der Waals surface area contributed by atoms with Crippen LogP contribution in [-0.2, 0) is 4.79 Å². The van der Waals surface area contributed by atoms with Crippen molar-refractivity contribution in [1.82, 2.24) is 20.4 Å². The van der Waals surface area contributed by atoms with E-state index in [4.69, 9.17) is 0 Å². The first-order chi connectivity index (χ1) is 10.2. The molecule has 21 heavy (non-hydrogen) atoms. The summed E-state index contributed by atoms with van der Waals surface area (Å²) in [5.74, 6) is 1.10. The van der Waals surface area contributed by atoms with E-state index < -0.39 is 0 Å². The third-order valence-electron chi connectivity index (χ3n) is 5.23. The van der Waals surface area contributed by atoms with Crippen LogP contribution in [0.1, 0.15) is 32.6 Å². The predicted molar refractivity (Wildman–Crippen MR) is 84.2 cm³/mol. The van der Waals surface area contributed by atoms with Crippen LogP contribution in [-0.4, -0.2) is 73.6 Å². The van der Waals surface area contributed by atoms with E-state index in [1.54, 1.807) is 0 Å². The van der Waals surface area contributed by atoms with Crippen molar-refractivity contribution in [1.29, 1.82) is 0 Å². The quantitative estimate of drug-likeness (QED) is 0.764. The summed E-state index contributed by atoms with van der Waals surface area (Å²) in [6, 6.07) is 0.507. The van der Waals surface area contributed by atoms with Gasteiger partial charge in [-0.1, -0.05) is 0 Å². The first kappa shape index (κ1) is 15.3. The highest BCUT2D eigenvalue weighted by molar-refractivity contribution is 5.81. The van der Waals surface area contributed by atoms with Gasteiger partial charge in [-0.15, -0.1) is 0 Å². The van der Waals surface area contributed by atoms with Crippen molar-refractivity contribution in [2.45, 2.75) is 44.7 Å². The Bertz CT molecular complexity index is 344. The van der Waals surface area contributed by atoms with E-state index in [2.05, 4.69) is 27.4 Å². The fourth-order valence-corrected chi connectivity index (χ4v) is 3.48. The van der Waals surface area contributed by atoms with Crippen molar-refractivity contribution in [3.05, 3.63) is 0 Å². The van der Waals surface area contributed by atoms with Crippen molar-refractivity contribution in [2.24, 2.45) is 5.92 Å². The number of piperidine rings is 1. The second-order valence-corrected chi connectivity index (χ2v) is 6.99. The molecule has 3 fully saturated rings. The molecule has 1 unspecified atom stereocenters. The predicted octanol–water partition coefficient (Wildman–Crippen LogP) is 0.271. The summed E-state index contributed by atoms with van der Waals surface area (Å²) in [4.78, 5) is 17.1. The molecule has 2 heterocycles. The molecule has 0 bridgehead atoms. The molecule has 2 N–H and O–H groups in total. The summed E-state index contributed by atoms with van der Waals surface area (Å²) in [5.41, 5.74) is 0. The van der Waals surface area contributed by atoms with Gasteiger partial charge in [-0.3, -0.25) is 9.69 Å². The maximum atomic E-state index is 12.1. The number of amides is 1. The van der Waals surface area contributed by atoms with Crippen LogP contribution in [0.25, 0.3) is 0 Å². The number of carbonyl (C=O) groups excluding carboxylic acids is 1. The monoisotopic (exact) mass is 294 g/mol. The van der Waals surface area contributed by atoms with Crippen LogP contribution in [0.4, 0.5) is 0 Å². The van der Waals surface area contributed by atoms with Gasteiger partial charge in [0.25, 0.3) is 0 Å². The lowest BCUT2D eigenvalue weighted by atomic mass is 9.97. The summed E-state index contributed by atoms with van der Waals surface area (Å²) < 4.78 is 0. The third kappa shape index (κ3) is 4.41. The highest BCUT2D eigenvalue weighted by Crippen LogP contribution is 2.19. The standard InChI is InChI=1S/C16H30N4O/c1-13(16(21)18-15-2-3-15)20-10-8-19(9-11-20)12-14-4-6-17-7-5-14/h13-15,17H,2-12H2,1H3,(H,18,21). The minimum Gasteiger partial charge on any atom is -0.352 e. The van der Waals surface area contributed by atoms with Gasteiger partial charge in [0.2, 0.25) is 5.91 Å². The Hall–Kier alpha value is -0.650. The van der Waals surface area contributed by atoms with Gasteiger partial charge in [-0.2, -0.15) is 0 Å². The Balaban J connectivity index is 1.38. The lowest BCUT2D eigenvalue weighted by Gasteiger charge is -2.39. The van der Waals surface area contributed by atoms with Gasteiger partial charge in [0.05, 0.1) is 6.04 Å². The zero-order valence-corrected chi connectivity index (χ0v) is 13.3. The molecule has 1 amide bonds. The molecular formula is C16H30N4O. The van der Waals surface area contributed by atoms with Crippen LogP contribution in [0.3, 0.4) is 0 Å². The molecule has 1 saturated carbocycles. The summed E-state index contributed by atoms with van der Waals surface area (Å²) in [6.07, 6.45) is 4.98. The van der Waals surface area contributed by atoms with Crippen LogP contribution in [0.5, 0.6) is 0 Å². The Morgan fingerprint density at radius 2 is 1.81 bits per heavy atom. The van der Waals surface area contributed by atoms with Crippen molar-refractivity contribution in [3.8, 4) is 0 Å². The molecule has 1 aliphatic carbocycles.